The van der Waals surface area contributed by atoms with E-state index in [1.165, 1.54) is 48.9 Å². The number of hydrogen-bond acceptors (Lipinski definition) is 2. The van der Waals surface area contributed by atoms with Crippen molar-refractivity contribution in [2.75, 3.05) is 11.9 Å². The van der Waals surface area contributed by atoms with E-state index in [-0.39, 0.29) is 0 Å². The molecule has 2 heteroatoms. The molecule has 3 aliphatic rings. The molecule has 18 heavy (non-hydrogen) atoms. The number of fused-ring (bicyclic) bond motifs is 3. The van der Waals surface area contributed by atoms with E-state index in [0.29, 0.717) is 0 Å². The minimum Gasteiger partial charge on any atom is -0.382 e. The second-order valence-corrected chi connectivity index (χ2v) is 6.34. The second kappa shape index (κ2) is 4.27. The number of rotatable bonds is 2. The van der Waals surface area contributed by atoms with Gasteiger partial charge in [0.05, 0.1) is 0 Å². The molecule has 1 aliphatic heterocycles. The summed E-state index contributed by atoms with van der Waals surface area (Å²) in [4.78, 5) is 0. The van der Waals surface area contributed by atoms with Crippen LogP contribution in [0.4, 0.5) is 5.69 Å². The summed E-state index contributed by atoms with van der Waals surface area (Å²) in [6, 6.07) is 7.73. The number of nitrogens with one attached hydrogen (secondary N) is 2. The Bertz CT molecular complexity index is 454. The summed E-state index contributed by atoms with van der Waals surface area (Å²) in [5.41, 5.74) is 4.37. The zero-order valence-electron chi connectivity index (χ0n) is 10.9. The molecule has 2 nitrogen and oxygen atoms in total. The smallest absolute Gasteiger partial charge is 0.0345 e. The first-order chi connectivity index (χ1) is 8.88. The van der Waals surface area contributed by atoms with E-state index in [2.05, 4.69) is 28.8 Å². The van der Waals surface area contributed by atoms with E-state index in [0.717, 1.165) is 31.0 Å². The van der Waals surface area contributed by atoms with Crippen molar-refractivity contribution in [3.05, 3.63) is 29.3 Å². The van der Waals surface area contributed by atoms with E-state index in [9.17, 15) is 0 Å². The largest absolute Gasteiger partial charge is 0.382 e. The lowest BCUT2D eigenvalue weighted by molar-refractivity contribution is 0.439. The molecule has 1 heterocycles. The average Bonchev–Trinajstić information content (AvgIpc) is 3.01. The zero-order valence-corrected chi connectivity index (χ0v) is 10.9. The summed E-state index contributed by atoms with van der Waals surface area (Å²) in [7, 11) is 0. The van der Waals surface area contributed by atoms with Crippen LogP contribution in [-0.4, -0.2) is 12.6 Å². The Hall–Kier alpha value is -1.02. The molecule has 1 aromatic carbocycles. The lowest BCUT2D eigenvalue weighted by atomic mass is 9.94. The highest BCUT2D eigenvalue weighted by Gasteiger charge is 2.39. The fraction of sp³-hybridized carbons (Fsp3) is 0.625. The molecular weight excluding hydrogens is 220 g/mol. The van der Waals surface area contributed by atoms with Gasteiger partial charge in [-0.1, -0.05) is 12.5 Å². The van der Waals surface area contributed by atoms with Crippen LogP contribution in [0.2, 0.25) is 0 Å². The van der Waals surface area contributed by atoms with Crippen molar-refractivity contribution in [1.29, 1.82) is 0 Å². The maximum Gasteiger partial charge on any atom is 0.0345 e. The summed E-state index contributed by atoms with van der Waals surface area (Å²) in [6.45, 7) is 2.17. The quantitative estimate of drug-likeness (QED) is 0.833. The maximum atomic E-state index is 3.79. The summed E-state index contributed by atoms with van der Waals surface area (Å²) in [5, 5.41) is 7.26. The van der Waals surface area contributed by atoms with Crippen LogP contribution < -0.4 is 10.6 Å². The fourth-order valence-corrected chi connectivity index (χ4v) is 4.21. The van der Waals surface area contributed by atoms with Gasteiger partial charge < -0.3 is 10.6 Å². The van der Waals surface area contributed by atoms with E-state index in [4.69, 9.17) is 0 Å². The number of hydrogen-bond donors (Lipinski definition) is 2. The van der Waals surface area contributed by atoms with Gasteiger partial charge in [-0.15, -0.1) is 0 Å². The van der Waals surface area contributed by atoms with E-state index < -0.39 is 0 Å². The molecule has 0 saturated heterocycles. The molecule has 4 rings (SSSR count). The van der Waals surface area contributed by atoms with Crippen LogP contribution in [0.3, 0.4) is 0 Å². The van der Waals surface area contributed by atoms with Crippen molar-refractivity contribution in [2.45, 2.75) is 44.7 Å². The predicted molar refractivity (Wildman–Crippen MR) is 74.7 cm³/mol. The minimum atomic E-state index is 0.748. The van der Waals surface area contributed by atoms with Crippen molar-refractivity contribution in [2.24, 2.45) is 11.8 Å². The minimum absolute atomic E-state index is 0.748. The molecular formula is C16H22N2. The van der Waals surface area contributed by atoms with Crippen molar-refractivity contribution in [3.8, 4) is 0 Å². The van der Waals surface area contributed by atoms with Gasteiger partial charge in [0.25, 0.3) is 0 Å². The van der Waals surface area contributed by atoms with Crippen LogP contribution in [0.1, 0.15) is 36.8 Å². The molecule has 1 aromatic rings. The summed E-state index contributed by atoms with van der Waals surface area (Å²) < 4.78 is 0. The van der Waals surface area contributed by atoms with Crippen LogP contribution in [0.5, 0.6) is 0 Å². The molecule has 2 bridgehead atoms. The number of anilines is 1. The van der Waals surface area contributed by atoms with Crippen LogP contribution >= 0.6 is 0 Å². The van der Waals surface area contributed by atoms with Crippen molar-refractivity contribution in [3.63, 3.8) is 0 Å². The van der Waals surface area contributed by atoms with E-state index >= 15 is 0 Å². The Balaban J connectivity index is 1.51. The molecule has 2 saturated carbocycles. The Morgan fingerprint density at radius 2 is 2.11 bits per heavy atom. The van der Waals surface area contributed by atoms with Crippen molar-refractivity contribution in [1.82, 2.24) is 5.32 Å². The Kier molecular flexibility index (Phi) is 2.58. The first-order valence-electron chi connectivity index (χ1n) is 7.47. The zero-order chi connectivity index (χ0) is 11.9. The third-order valence-electron chi connectivity index (χ3n) is 5.18. The Labute approximate surface area is 109 Å². The monoisotopic (exact) mass is 242 g/mol. The third-order valence-corrected chi connectivity index (χ3v) is 5.18. The van der Waals surface area contributed by atoms with E-state index in [1.807, 2.05) is 0 Å². The molecule has 96 valence electrons. The highest BCUT2D eigenvalue weighted by Crippen LogP contribution is 2.45. The van der Waals surface area contributed by atoms with Crippen molar-refractivity contribution < 1.29 is 0 Å². The summed E-state index contributed by atoms with van der Waals surface area (Å²) >= 11 is 0. The number of benzene rings is 1. The topological polar surface area (TPSA) is 24.1 Å². The van der Waals surface area contributed by atoms with Crippen LogP contribution in [-0.2, 0) is 13.0 Å². The van der Waals surface area contributed by atoms with Gasteiger partial charge in [-0.25, -0.2) is 0 Å². The molecule has 0 aromatic heterocycles. The molecule has 0 radical (unpaired) electrons. The lowest BCUT2D eigenvalue weighted by Crippen LogP contribution is -2.27. The SMILES string of the molecule is c1cc2c(cc1NC1CC3CCC1C3)CNCC2. The fourth-order valence-electron chi connectivity index (χ4n) is 4.21. The highest BCUT2D eigenvalue weighted by atomic mass is 14.9. The molecule has 0 spiro atoms. The lowest BCUT2D eigenvalue weighted by Gasteiger charge is -2.25. The molecule has 2 aliphatic carbocycles. The van der Waals surface area contributed by atoms with Gasteiger partial charge in [0.15, 0.2) is 0 Å². The molecule has 0 amide bonds. The highest BCUT2D eigenvalue weighted by molar-refractivity contribution is 5.50. The molecule has 3 atom stereocenters. The molecule has 3 unspecified atom stereocenters. The standard InChI is InChI=1S/C16H22N2/c1-2-13-7-11(1)8-16(13)18-15-4-3-12-5-6-17-10-14(12)9-15/h3-4,9,11,13,16-18H,1-2,5-8,10H2. The van der Waals surface area contributed by atoms with Gasteiger partial charge in [0.1, 0.15) is 0 Å². The van der Waals surface area contributed by atoms with Crippen molar-refractivity contribution >= 4 is 5.69 Å². The Morgan fingerprint density at radius 3 is 2.94 bits per heavy atom. The second-order valence-electron chi connectivity index (χ2n) is 6.34. The first-order valence-corrected chi connectivity index (χ1v) is 7.47. The van der Waals surface area contributed by atoms with Crippen LogP contribution in [0, 0.1) is 11.8 Å². The van der Waals surface area contributed by atoms with Crippen LogP contribution in [0.25, 0.3) is 0 Å². The van der Waals surface area contributed by atoms with Gasteiger partial charge in [-0.3, -0.25) is 0 Å². The van der Waals surface area contributed by atoms with Gasteiger partial charge in [-0.2, -0.15) is 0 Å². The first kappa shape index (κ1) is 10.9. The average molecular weight is 242 g/mol. The normalized spacial score (nSPS) is 33.4. The maximum absolute atomic E-state index is 3.79. The third kappa shape index (κ3) is 1.83. The summed E-state index contributed by atoms with van der Waals surface area (Å²) in [6.07, 6.45) is 7.00. The van der Waals surface area contributed by atoms with Gasteiger partial charge in [-0.05, 0) is 67.3 Å². The van der Waals surface area contributed by atoms with E-state index in [1.54, 1.807) is 0 Å². The van der Waals surface area contributed by atoms with Gasteiger partial charge >= 0.3 is 0 Å². The predicted octanol–water partition coefficient (Wildman–Crippen LogP) is 2.93. The van der Waals surface area contributed by atoms with Gasteiger partial charge in [0, 0.05) is 18.3 Å². The van der Waals surface area contributed by atoms with Crippen LogP contribution in [0.15, 0.2) is 18.2 Å². The Morgan fingerprint density at radius 1 is 1.11 bits per heavy atom. The summed E-state index contributed by atoms with van der Waals surface area (Å²) in [5.74, 6) is 1.97. The van der Waals surface area contributed by atoms with Gasteiger partial charge in [0.2, 0.25) is 0 Å². The molecule has 2 fully saturated rings. The molecule has 2 N–H and O–H groups in total.